The van der Waals surface area contributed by atoms with Gasteiger partial charge in [-0.2, -0.15) is 0 Å². The maximum absolute atomic E-state index is 12.4. The van der Waals surface area contributed by atoms with Gasteiger partial charge in [-0.3, -0.25) is 14.1 Å². The lowest BCUT2D eigenvalue weighted by molar-refractivity contribution is -0.161. The Kier molecular flexibility index (Phi) is 43.0. The molecule has 0 unspecified atom stereocenters. The van der Waals surface area contributed by atoms with Crippen molar-refractivity contribution in [2.45, 2.75) is 238 Å². The van der Waals surface area contributed by atoms with E-state index < -0.39 is 32.5 Å². The zero-order valence-corrected chi connectivity index (χ0v) is 38.3. The maximum Gasteiger partial charge on any atom is 0.469 e. The molecule has 338 valence electrons. The molecular weight excluding hydrogens is 748 g/mol. The van der Waals surface area contributed by atoms with E-state index in [1.807, 2.05) is 0 Å². The van der Waals surface area contributed by atoms with Gasteiger partial charge >= 0.3 is 19.8 Å². The third kappa shape index (κ3) is 46.7. The molecular formula is C49H89O8P. The molecule has 0 aliphatic rings. The summed E-state index contributed by atoms with van der Waals surface area (Å²) in [4.78, 5) is 43.0. The van der Waals surface area contributed by atoms with Gasteiger partial charge in [0, 0.05) is 12.8 Å². The summed E-state index contributed by atoms with van der Waals surface area (Å²) in [6, 6.07) is 0. The normalized spacial score (nSPS) is 12.8. The zero-order chi connectivity index (χ0) is 42.5. The summed E-state index contributed by atoms with van der Waals surface area (Å²) in [6.45, 7) is 3.64. The summed E-state index contributed by atoms with van der Waals surface area (Å²) in [6.07, 6.45) is 55.7. The summed E-state index contributed by atoms with van der Waals surface area (Å²) in [5.41, 5.74) is 0. The van der Waals surface area contributed by atoms with Gasteiger partial charge in [-0.05, 0) is 70.6 Å². The lowest BCUT2D eigenvalue weighted by Crippen LogP contribution is -2.29. The van der Waals surface area contributed by atoms with Crippen molar-refractivity contribution in [1.29, 1.82) is 0 Å². The number of phosphoric acid groups is 1. The highest BCUT2D eigenvalue weighted by Crippen LogP contribution is 2.36. The lowest BCUT2D eigenvalue weighted by atomic mass is 10.0. The molecule has 0 aliphatic carbocycles. The van der Waals surface area contributed by atoms with E-state index in [1.165, 1.54) is 141 Å². The molecule has 0 aliphatic heterocycles. The number of rotatable bonds is 44. The summed E-state index contributed by atoms with van der Waals surface area (Å²) in [7, 11) is -4.77. The number of carbonyl (C=O) groups excluding carboxylic acids is 2. The Morgan fingerprint density at radius 2 is 0.793 bits per heavy atom. The Morgan fingerprint density at radius 1 is 0.448 bits per heavy atom. The SMILES string of the molecule is CCCCC/C=C/C/C=C/C/C=C/CCCCCCC(=O)OC[C@H](COP(=O)(O)O)OC(=O)CCC/C=C/CCCCCCCCCCCCCCCCCCCC. The molecule has 0 aromatic carbocycles. The molecule has 0 bridgehead atoms. The van der Waals surface area contributed by atoms with E-state index in [0.29, 0.717) is 12.8 Å². The van der Waals surface area contributed by atoms with Gasteiger partial charge in [-0.1, -0.05) is 197 Å². The van der Waals surface area contributed by atoms with Crippen molar-refractivity contribution in [3.63, 3.8) is 0 Å². The van der Waals surface area contributed by atoms with Crippen LogP contribution in [0.5, 0.6) is 0 Å². The van der Waals surface area contributed by atoms with Gasteiger partial charge in [0.1, 0.15) is 6.61 Å². The quantitative estimate of drug-likeness (QED) is 0.0269. The van der Waals surface area contributed by atoms with Crippen LogP contribution in [0.1, 0.15) is 232 Å². The monoisotopic (exact) mass is 837 g/mol. The summed E-state index contributed by atoms with van der Waals surface area (Å²) in [5.74, 6) is -0.942. The molecule has 0 rings (SSSR count). The van der Waals surface area contributed by atoms with Crippen LogP contribution in [-0.4, -0.2) is 41.0 Å². The fraction of sp³-hybridized carbons (Fsp3) is 0.796. The average molecular weight is 837 g/mol. The largest absolute Gasteiger partial charge is 0.469 e. The highest BCUT2D eigenvalue weighted by atomic mass is 31.2. The molecule has 0 saturated carbocycles. The first-order chi connectivity index (χ1) is 28.3. The fourth-order valence-electron chi connectivity index (χ4n) is 6.74. The molecule has 0 radical (unpaired) electrons. The van der Waals surface area contributed by atoms with Crippen molar-refractivity contribution in [1.82, 2.24) is 0 Å². The second kappa shape index (κ2) is 44.6. The third-order valence-corrected chi connectivity index (χ3v) is 10.8. The van der Waals surface area contributed by atoms with Crippen molar-refractivity contribution >= 4 is 19.8 Å². The minimum absolute atomic E-state index is 0.159. The van der Waals surface area contributed by atoms with E-state index in [9.17, 15) is 14.2 Å². The number of hydrogen-bond acceptors (Lipinski definition) is 6. The van der Waals surface area contributed by atoms with Crippen molar-refractivity contribution in [3.05, 3.63) is 48.6 Å². The topological polar surface area (TPSA) is 119 Å². The smallest absolute Gasteiger partial charge is 0.462 e. The number of phosphoric ester groups is 1. The second-order valence-electron chi connectivity index (χ2n) is 16.1. The number of allylic oxidation sites excluding steroid dienone is 8. The molecule has 0 saturated heterocycles. The second-order valence-corrected chi connectivity index (χ2v) is 17.3. The van der Waals surface area contributed by atoms with Crippen molar-refractivity contribution in [2.24, 2.45) is 0 Å². The molecule has 58 heavy (non-hydrogen) atoms. The standard InChI is InChI=1S/C49H89O8P/c1-3-5-7-9-11-13-15-17-19-21-22-23-24-25-26-28-30-32-34-36-38-40-42-44-49(51)57-47(46-56-58(52,53)54)45-55-48(50)43-41-39-37-35-33-31-29-27-20-18-16-14-12-10-8-6-4-2/h12,14,18,20,29,31,36,38,47H,3-11,13,15-17,19,21-28,30,32-35,37,39-46H2,1-2H3,(H2,52,53,54)/b14-12+,20-18+,31-29+,38-36+/t47-/m1/s1. The Morgan fingerprint density at radius 3 is 1.26 bits per heavy atom. The number of unbranched alkanes of at least 4 members (excludes halogenated alkanes) is 26. The van der Waals surface area contributed by atoms with Gasteiger partial charge < -0.3 is 19.3 Å². The van der Waals surface area contributed by atoms with Gasteiger partial charge in [0.05, 0.1) is 6.61 Å². The van der Waals surface area contributed by atoms with Crippen molar-refractivity contribution in [2.75, 3.05) is 13.2 Å². The lowest BCUT2D eigenvalue weighted by Gasteiger charge is -2.18. The van der Waals surface area contributed by atoms with Crippen LogP contribution in [0, 0.1) is 0 Å². The highest BCUT2D eigenvalue weighted by Gasteiger charge is 2.22. The van der Waals surface area contributed by atoms with Crippen LogP contribution in [0.4, 0.5) is 0 Å². The van der Waals surface area contributed by atoms with Crippen molar-refractivity contribution in [3.8, 4) is 0 Å². The predicted octanol–water partition coefficient (Wildman–Crippen LogP) is 15.1. The van der Waals surface area contributed by atoms with E-state index in [0.717, 1.165) is 51.4 Å². The molecule has 0 aromatic heterocycles. The van der Waals surface area contributed by atoms with E-state index in [4.69, 9.17) is 19.3 Å². The highest BCUT2D eigenvalue weighted by molar-refractivity contribution is 7.46. The Bertz CT molecular complexity index is 1080. The fourth-order valence-corrected chi connectivity index (χ4v) is 7.10. The maximum atomic E-state index is 12.4. The number of hydrogen-bond donors (Lipinski definition) is 2. The summed E-state index contributed by atoms with van der Waals surface area (Å²) in [5, 5.41) is 0. The molecule has 2 N–H and O–H groups in total. The molecule has 0 aromatic rings. The first-order valence-electron chi connectivity index (χ1n) is 23.9. The van der Waals surface area contributed by atoms with E-state index in [-0.39, 0.29) is 19.4 Å². The van der Waals surface area contributed by atoms with Crippen LogP contribution in [0.15, 0.2) is 48.6 Å². The number of carbonyl (C=O) groups is 2. The van der Waals surface area contributed by atoms with Gasteiger partial charge in [0.25, 0.3) is 0 Å². The third-order valence-electron chi connectivity index (χ3n) is 10.3. The van der Waals surface area contributed by atoms with Crippen LogP contribution in [0.2, 0.25) is 0 Å². The van der Waals surface area contributed by atoms with Crippen LogP contribution in [0.25, 0.3) is 0 Å². The van der Waals surface area contributed by atoms with Crippen molar-refractivity contribution < 1.29 is 37.9 Å². The zero-order valence-electron chi connectivity index (χ0n) is 37.4. The molecule has 0 amide bonds. The minimum Gasteiger partial charge on any atom is -0.462 e. The summed E-state index contributed by atoms with van der Waals surface area (Å²) < 4.78 is 26.4. The minimum atomic E-state index is -4.77. The Hall–Kier alpha value is -1.99. The Balaban J connectivity index is 3.90. The van der Waals surface area contributed by atoms with Gasteiger partial charge in [0.2, 0.25) is 0 Å². The predicted molar refractivity (Wildman–Crippen MR) is 244 cm³/mol. The molecule has 0 heterocycles. The number of ether oxygens (including phenoxy) is 2. The first kappa shape index (κ1) is 56.0. The van der Waals surface area contributed by atoms with Crippen LogP contribution < -0.4 is 0 Å². The molecule has 1 atom stereocenters. The van der Waals surface area contributed by atoms with Crippen LogP contribution >= 0.6 is 7.82 Å². The van der Waals surface area contributed by atoms with Crippen LogP contribution in [0.3, 0.4) is 0 Å². The summed E-state index contributed by atoms with van der Waals surface area (Å²) >= 11 is 0. The number of esters is 2. The van der Waals surface area contributed by atoms with Gasteiger partial charge in [0.15, 0.2) is 6.10 Å². The molecule has 0 spiro atoms. The van der Waals surface area contributed by atoms with Gasteiger partial charge in [-0.15, -0.1) is 0 Å². The molecule has 0 fully saturated rings. The average Bonchev–Trinajstić information content (AvgIpc) is 3.20. The Labute approximate surface area is 356 Å². The van der Waals surface area contributed by atoms with E-state index in [2.05, 4.69) is 67.0 Å². The molecule has 9 heteroatoms. The van der Waals surface area contributed by atoms with Gasteiger partial charge in [-0.25, -0.2) is 4.57 Å². The first-order valence-corrected chi connectivity index (χ1v) is 25.5. The van der Waals surface area contributed by atoms with E-state index >= 15 is 0 Å². The van der Waals surface area contributed by atoms with E-state index in [1.54, 1.807) is 0 Å². The van der Waals surface area contributed by atoms with Crippen LogP contribution in [-0.2, 0) is 28.2 Å². The molecule has 8 nitrogen and oxygen atoms in total.